The van der Waals surface area contributed by atoms with Gasteiger partial charge in [0.15, 0.2) is 0 Å². The first-order valence-electron chi connectivity index (χ1n) is 5.26. The van der Waals surface area contributed by atoms with Crippen LogP contribution in [0, 0.1) is 0 Å². The zero-order valence-corrected chi connectivity index (χ0v) is 11.5. The Morgan fingerprint density at radius 3 is 2.65 bits per heavy atom. The fourth-order valence-electron chi connectivity index (χ4n) is 1.18. The monoisotopic (exact) mass is 269 g/mol. The second-order valence-corrected chi connectivity index (χ2v) is 4.86. The van der Waals surface area contributed by atoms with Gasteiger partial charge in [0, 0.05) is 12.7 Å². The Kier molecular flexibility index (Phi) is 6.00. The third kappa shape index (κ3) is 4.75. The normalized spacial score (nSPS) is 9.76. The van der Waals surface area contributed by atoms with E-state index in [2.05, 4.69) is 0 Å². The van der Waals surface area contributed by atoms with E-state index in [9.17, 15) is 4.79 Å². The molecule has 0 fully saturated rings. The van der Waals surface area contributed by atoms with Crippen LogP contribution in [0.25, 0.3) is 0 Å². The summed E-state index contributed by atoms with van der Waals surface area (Å²) in [5.74, 6) is 0.0189. The highest BCUT2D eigenvalue weighted by Gasteiger charge is 2.10. The second-order valence-electron chi connectivity index (χ2n) is 3.25. The fraction of sp³-hybridized carbons (Fsp3) is 0.333. The lowest BCUT2D eigenvalue weighted by Crippen LogP contribution is -2.23. The highest BCUT2D eigenvalue weighted by atomic mass is 32.2. The Labute approximate surface area is 111 Å². The molecule has 17 heavy (non-hydrogen) atoms. The number of anilines is 1. The molecule has 0 spiro atoms. The number of nitrogens with zero attached hydrogens (tertiary/aromatic N) is 1. The summed E-state index contributed by atoms with van der Waals surface area (Å²) in [5, 5.41) is 0. The molecule has 1 aromatic carbocycles. The van der Waals surface area contributed by atoms with E-state index in [0.717, 1.165) is 5.69 Å². The number of benzene rings is 1. The molecule has 0 amide bonds. The molecule has 0 unspecified atom stereocenters. The summed E-state index contributed by atoms with van der Waals surface area (Å²) in [6.45, 7) is 2.19. The molecule has 0 heterocycles. The van der Waals surface area contributed by atoms with Crippen molar-refractivity contribution in [1.82, 2.24) is 0 Å². The number of para-hydroxylation sites is 1. The first-order chi connectivity index (χ1) is 8.15. The number of carbonyl (C=O) groups is 1. The van der Waals surface area contributed by atoms with E-state index in [4.69, 9.17) is 17.0 Å². The minimum atomic E-state index is -0.235. The number of hydrogen-bond donors (Lipinski definition) is 0. The fourth-order valence-corrected chi connectivity index (χ4v) is 2.08. The van der Waals surface area contributed by atoms with Gasteiger partial charge in [-0.05, 0) is 19.1 Å². The van der Waals surface area contributed by atoms with E-state index in [1.54, 1.807) is 6.92 Å². The van der Waals surface area contributed by atoms with Gasteiger partial charge in [-0.1, -0.05) is 42.2 Å². The van der Waals surface area contributed by atoms with E-state index in [1.165, 1.54) is 11.8 Å². The molecular formula is C12H15NO2S2. The topological polar surface area (TPSA) is 29.5 Å². The van der Waals surface area contributed by atoms with Crippen LogP contribution < -0.4 is 4.90 Å². The number of hydrogen-bond acceptors (Lipinski definition) is 4. The van der Waals surface area contributed by atoms with Crippen molar-refractivity contribution in [2.24, 2.45) is 0 Å². The van der Waals surface area contributed by atoms with Crippen LogP contribution in [-0.4, -0.2) is 29.7 Å². The van der Waals surface area contributed by atoms with Crippen molar-refractivity contribution in [2.45, 2.75) is 6.92 Å². The molecule has 0 N–H and O–H groups in total. The minimum absolute atomic E-state index is 0.235. The van der Waals surface area contributed by atoms with Crippen molar-refractivity contribution < 1.29 is 9.53 Å². The minimum Gasteiger partial charge on any atom is -0.465 e. The predicted octanol–water partition coefficient (Wildman–Crippen LogP) is 2.70. The lowest BCUT2D eigenvalue weighted by atomic mass is 10.3. The van der Waals surface area contributed by atoms with Gasteiger partial charge >= 0.3 is 5.97 Å². The second kappa shape index (κ2) is 7.29. The van der Waals surface area contributed by atoms with Gasteiger partial charge in [0.2, 0.25) is 0 Å². The number of thiocarbonyl (C=S) groups is 1. The molecule has 92 valence electrons. The zero-order chi connectivity index (χ0) is 12.7. The Morgan fingerprint density at radius 1 is 1.41 bits per heavy atom. The van der Waals surface area contributed by atoms with Gasteiger partial charge in [-0.25, -0.2) is 0 Å². The molecule has 0 aliphatic heterocycles. The average Bonchev–Trinajstić information content (AvgIpc) is 2.36. The Bertz CT molecular complexity index is 381. The average molecular weight is 269 g/mol. The van der Waals surface area contributed by atoms with Crippen molar-refractivity contribution >= 4 is 40.0 Å². The molecular weight excluding hydrogens is 254 g/mol. The molecule has 0 atom stereocenters. The number of carbonyl (C=O) groups excluding carboxylic acids is 1. The van der Waals surface area contributed by atoms with Crippen LogP contribution in [0.2, 0.25) is 0 Å². The summed E-state index contributed by atoms with van der Waals surface area (Å²) in [6.07, 6.45) is 0. The van der Waals surface area contributed by atoms with Crippen LogP contribution in [0.5, 0.6) is 0 Å². The Balaban J connectivity index is 2.45. The van der Waals surface area contributed by atoms with Crippen LogP contribution >= 0.6 is 24.0 Å². The summed E-state index contributed by atoms with van der Waals surface area (Å²) in [7, 11) is 1.88. The standard InChI is InChI=1S/C12H15NO2S2/c1-3-15-11(14)9-17-12(16)13(2)10-7-5-4-6-8-10/h4-8H,3,9H2,1-2H3. The summed E-state index contributed by atoms with van der Waals surface area (Å²) in [4.78, 5) is 13.1. The van der Waals surface area contributed by atoms with Crippen LogP contribution in [0.1, 0.15) is 6.92 Å². The third-order valence-corrected chi connectivity index (χ3v) is 3.56. The molecule has 0 aliphatic carbocycles. The Hall–Kier alpha value is -1.07. The third-order valence-electron chi connectivity index (χ3n) is 2.04. The van der Waals surface area contributed by atoms with Crippen molar-refractivity contribution in [3.8, 4) is 0 Å². The van der Waals surface area contributed by atoms with Gasteiger partial charge < -0.3 is 9.64 Å². The van der Waals surface area contributed by atoms with Gasteiger partial charge in [0.25, 0.3) is 0 Å². The SMILES string of the molecule is CCOC(=O)CSC(=S)N(C)c1ccccc1. The molecule has 5 heteroatoms. The molecule has 0 saturated carbocycles. The highest BCUT2D eigenvalue weighted by Crippen LogP contribution is 2.17. The van der Waals surface area contributed by atoms with Crippen molar-refractivity contribution in [1.29, 1.82) is 0 Å². The predicted molar refractivity (Wildman–Crippen MR) is 76.5 cm³/mol. The van der Waals surface area contributed by atoms with Crippen LogP contribution in [0.4, 0.5) is 5.69 Å². The van der Waals surface area contributed by atoms with Gasteiger partial charge in [0.1, 0.15) is 4.32 Å². The highest BCUT2D eigenvalue weighted by molar-refractivity contribution is 8.23. The van der Waals surface area contributed by atoms with Crippen LogP contribution in [0.3, 0.4) is 0 Å². The van der Waals surface area contributed by atoms with E-state index < -0.39 is 0 Å². The first-order valence-corrected chi connectivity index (χ1v) is 6.65. The molecule has 0 aromatic heterocycles. The van der Waals surface area contributed by atoms with Gasteiger partial charge in [-0.2, -0.15) is 0 Å². The summed E-state index contributed by atoms with van der Waals surface area (Å²) in [5.41, 5.74) is 1.01. The molecule has 3 nitrogen and oxygen atoms in total. The van der Waals surface area contributed by atoms with E-state index in [0.29, 0.717) is 10.9 Å². The Morgan fingerprint density at radius 2 is 2.06 bits per heavy atom. The first kappa shape index (κ1) is 14.0. The van der Waals surface area contributed by atoms with Crippen LogP contribution in [0.15, 0.2) is 30.3 Å². The molecule has 0 aliphatic rings. The summed E-state index contributed by atoms with van der Waals surface area (Å²) >= 11 is 6.55. The largest absolute Gasteiger partial charge is 0.465 e. The van der Waals surface area contributed by atoms with E-state index in [-0.39, 0.29) is 11.7 Å². The van der Waals surface area contributed by atoms with Crippen molar-refractivity contribution in [2.75, 3.05) is 24.3 Å². The van der Waals surface area contributed by atoms with Crippen molar-refractivity contribution in [3.63, 3.8) is 0 Å². The zero-order valence-electron chi connectivity index (χ0n) is 9.88. The molecule has 1 rings (SSSR count). The number of thioether (sulfide) groups is 1. The van der Waals surface area contributed by atoms with Gasteiger partial charge in [-0.3, -0.25) is 4.79 Å². The summed E-state index contributed by atoms with van der Waals surface area (Å²) < 4.78 is 5.50. The maximum Gasteiger partial charge on any atom is 0.316 e. The number of ether oxygens (including phenoxy) is 1. The maximum atomic E-state index is 11.2. The van der Waals surface area contributed by atoms with Crippen molar-refractivity contribution in [3.05, 3.63) is 30.3 Å². The lowest BCUT2D eigenvalue weighted by Gasteiger charge is -2.19. The van der Waals surface area contributed by atoms with Crippen LogP contribution in [-0.2, 0) is 9.53 Å². The number of rotatable bonds is 4. The quantitative estimate of drug-likeness (QED) is 0.619. The molecule has 0 saturated heterocycles. The van der Waals surface area contributed by atoms with E-state index in [1.807, 2.05) is 42.3 Å². The number of esters is 1. The maximum absolute atomic E-state index is 11.2. The molecule has 0 radical (unpaired) electrons. The van der Waals surface area contributed by atoms with Gasteiger partial charge in [-0.15, -0.1) is 0 Å². The molecule has 1 aromatic rings. The smallest absolute Gasteiger partial charge is 0.316 e. The molecule has 0 bridgehead atoms. The lowest BCUT2D eigenvalue weighted by molar-refractivity contribution is -0.139. The van der Waals surface area contributed by atoms with E-state index >= 15 is 0 Å². The summed E-state index contributed by atoms with van der Waals surface area (Å²) in [6, 6.07) is 9.79. The van der Waals surface area contributed by atoms with Gasteiger partial charge in [0.05, 0.1) is 12.4 Å².